The van der Waals surface area contributed by atoms with Gasteiger partial charge in [0, 0.05) is 6.20 Å². The molecule has 1 N–H and O–H groups in total. The van der Waals surface area contributed by atoms with Crippen molar-refractivity contribution in [1.82, 2.24) is 19.6 Å². The average molecular weight is 245 g/mol. The number of nitrogens with zero attached hydrogens (tertiary/aromatic N) is 4. The average Bonchev–Trinajstić information content (AvgIpc) is 2.95. The number of aromatic nitrogens is 4. The molecule has 3 aromatic heterocycles. The number of rotatable bonds is 2. The smallest absolute Gasteiger partial charge is 0.275 e. The summed E-state index contributed by atoms with van der Waals surface area (Å²) < 4.78 is 1.57. The van der Waals surface area contributed by atoms with Crippen molar-refractivity contribution in [3.05, 3.63) is 41.8 Å². The molecule has 0 saturated heterocycles. The Kier molecular flexibility index (Phi) is 2.30. The number of hydrogen-bond acceptors (Lipinski definition) is 5. The number of anilines is 1. The minimum atomic E-state index is -0.277. The fourth-order valence-electron chi connectivity index (χ4n) is 1.40. The molecule has 0 aliphatic heterocycles. The largest absolute Gasteiger partial charge is 0.304 e. The lowest BCUT2D eigenvalue weighted by molar-refractivity contribution is 0.102. The topological polar surface area (TPSA) is 72.2 Å². The number of hydrogen-bond donors (Lipinski definition) is 1. The Morgan fingerprint density at radius 2 is 2.29 bits per heavy atom. The molecule has 0 bridgehead atoms. The van der Waals surface area contributed by atoms with Crippen molar-refractivity contribution in [3.8, 4) is 0 Å². The van der Waals surface area contributed by atoms with Gasteiger partial charge < -0.3 is 5.32 Å². The molecule has 0 fully saturated rings. The second-order valence-electron chi connectivity index (χ2n) is 3.25. The van der Waals surface area contributed by atoms with Gasteiger partial charge >= 0.3 is 0 Å². The van der Waals surface area contributed by atoms with Crippen molar-refractivity contribution < 1.29 is 4.79 Å². The van der Waals surface area contributed by atoms with Crippen LogP contribution in [0.5, 0.6) is 0 Å². The first-order valence-electron chi connectivity index (χ1n) is 4.84. The summed E-state index contributed by atoms with van der Waals surface area (Å²) in [6, 6.07) is 5.17. The third-order valence-corrected chi connectivity index (χ3v) is 2.86. The Hall–Kier alpha value is -2.28. The van der Waals surface area contributed by atoms with E-state index in [1.165, 1.54) is 11.3 Å². The van der Waals surface area contributed by atoms with Gasteiger partial charge in [-0.25, -0.2) is 4.98 Å². The van der Waals surface area contributed by atoms with E-state index < -0.39 is 0 Å². The van der Waals surface area contributed by atoms with Crippen LogP contribution in [0.15, 0.2) is 36.1 Å². The minimum absolute atomic E-state index is 0.277. The zero-order chi connectivity index (χ0) is 11.7. The molecule has 0 unspecified atom stereocenters. The molecule has 3 heterocycles. The highest BCUT2D eigenvalue weighted by Crippen LogP contribution is 2.14. The lowest BCUT2D eigenvalue weighted by atomic mass is 10.3. The molecule has 0 aliphatic rings. The number of carbonyl (C=O) groups is 1. The molecule has 0 atom stereocenters. The van der Waals surface area contributed by atoms with Crippen molar-refractivity contribution in [2.45, 2.75) is 0 Å². The van der Waals surface area contributed by atoms with Crippen LogP contribution in [0.25, 0.3) is 4.96 Å². The molecule has 0 radical (unpaired) electrons. The Morgan fingerprint density at radius 1 is 1.35 bits per heavy atom. The predicted octanol–water partition coefficient (Wildman–Crippen LogP) is 1.44. The normalized spacial score (nSPS) is 10.6. The van der Waals surface area contributed by atoms with E-state index in [0.29, 0.717) is 11.5 Å². The van der Waals surface area contributed by atoms with Crippen molar-refractivity contribution in [2.24, 2.45) is 0 Å². The van der Waals surface area contributed by atoms with Crippen molar-refractivity contribution in [2.75, 3.05) is 5.32 Å². The molecule has 3 rings (SSSR count). The van der Waals surface area contributed by atoms with Crippen molar-refractivity contribution in [3.63, 3.8) is 0 Å². The van der Waals surface area contributed by atoms with Gasteiger partial charge in [0.15, 0.2) is 5.82 Å². The number of nitrogens with one attached hydrogen (secondary N) is 1. The van der Waals surface area contributed by atoms with Gasteiger partial charge in [-0.1, -0.05) is 17.4 Å². The van der Waals surface area contributed by atoms with Crippen LogP contribution in [0.3, 0.4) is 0 Å². The van der Waals surface area contributed by atoms with Crippen LogP contribution in [0, 0.1) is 0 Å². The number of pyridine rings is 1. The van der Waals surface area contributed by atoms with Gasteiger partial charge in [-0.15, -0.1) is 0 Å². The molecule has 0 aliphatic carbocycles. The molecule has 0 aromatic carbocycles. The predicted molar refractivity (Wildman–Crippen MR) is 63.1 cm³/mol. The molecule has 3 aromatic rings. The molecule has 6 nitrogen and oxygen atoms in total. The lowest BCUT2D eigenvalue weighted by Crippen LogP contribution is -2.14. The van der Waals surface area contributed by atoms with E-state index in [4.69, 9.17) is 0 Å². The fourth-order valence-corrected chi connectivity index (χ4v) is 2.00. The summed E-state index contributed by atoms with van der Waals surface area (Å²) >= 11 is 1.40. The van der Waals surface area contributed by atoms with Gasteiger partial charge in [0.05, 0.1) is 6.20 Å². The van der Waals surface area contributed by atoms with Crippen LogP contribution >= 0.6 is 11.3 Å². The first kappa shape index (κ1) is 9.91. The molecular weight excluding hydrogens is 238 g/mol. The highest BCUT2D eigenvalue weighted by Gasteiger charge is 2.11. The molecule has 0 saturated carbocycles. The van der Waals surface area contributed by atoms with Crippen LogP contribution in [0.1, 0.15) is 10.5 Å². The SMILES string of the molecule is O=C(Nc1cnc2scnn12)c1ccccn1. The third-order valence-electron chi connectivity index (χ3n) is 2.17. The molecule has 84 valence electrons. The van der Waals surface area contributed by atoms with Crippen LogP contribution in [-0.4, -0.2) is 25.5 Å². The van der Waals surface area contributed by atoms with E-state index >= 15 is 0 Å². The first-order chi connectivity index (χ1) is 8.34. The third kappa shape index (κ3) is 1.76. The van der Waals surface area contributed by atoms with Gasteiger partial charge in [-0.2, -0.15) is 9.61 Å². The summed E-state index contributed by atoms with van der Waals surface area (Å²) in [4.78, 5) is 20.7. The number of imidazole rings is 1. The van der Waals surface area contributed by atoms with Gasteiger partial charge in [-0.05, 0) is 12.1 Å². The second-order valence-corrected chi connectivity index (χ2v) is 4.06. The van der Waals surface area contributed by atoms with Gasteiger partial charge in [-0.3, -0.25) is 9.78 Å². The lowest BCUT2D eigenvalue weighted by Gasteiger charge is -2.01. The maximum Gasteiger partial charge on any atom is 0.275 e. The van der Waals surface area contributed by atoms with Crippen LogP contribution in [0.2, 0.25) is 0 Å². The molecule has 17 heavy (non-hydrogen) atoms. The Morgan fingerprint density at radius 3 is 3.12 bits per heavy atom. The van der Waals surface area contributed by atoms with Crippen LogP contribution in [0.4, 0.5) is 5.82 Å². The van der Waals surface area contributed by atoms with E-state index in [-0.39, 0.29) is 5.91 Å². The molecule has 0 spiro atoms. The van der Waals surface area contributed by atoms with Gasteiger partial charge in [0.1, 0.15) is 11.2 Å². The fraction of sp³-hybridized carbons (Fsp3) is 0. The molecule has 1 amide bonds. The zero-order valence-electron chi connectivity index (χ0n) is 8.57. The molecule has 7 heteroatoms. The Balaban J connectivity index is 1.89. The molecular formula is C10H7N5OS. The summed E-state index contributed by atoms with van der Waals surface area (Å²) in [5.41, 5.74) is 2.02. The summed E-state index contributed by atoms with van der Waals surface area (Å²) in [5, 5.41) is 6.77. The van der Waals surface area contributed by atoms with E-state index in [1.807, 2.05) is 0 Å². The standard InChI is InChI=1S/C10H7N5OS/c16-9(7-3-1-2-4-11-7)14-8-5-12-10-15(8)13-6-17-10/h1-6H,(H,14,16). The first-order valence-corrected chi connectivity index (χ1v) is 5.72. The second kappa shape index (κ2) is 3.95. The Bertz CT molecular complexity index is 659. The highest BCUT2D eigenvalue weighted by molar-refractivity contribution is 7.14. The zero-order valence-corrected chi connectivity index (χ0v) is 9.39. The van der Waals surface area contributed by atoms with E-state index in [0.717, 1.165) is 4.96 Å². The summed E-state index contributed by atoms with van der Waals surface area (Å²) in [7, 11) is 0. The quantitative estimate of drug-likeness (QED) is 0.741. The number of carbonyl (C=O) groups excluding carboxylic acids is 1. The monoisotopic (exact) mass is 245 g/mol. The summed E-state index contributed by atoms with van der Waals surface area (Å²) in [5.74, 6) is 0.261. The van der Waals surface area contributed by atoms with E-state index in [9.17, 15) is 4.79 Å². The van der Waals surface area contributed by atoms with Gasteiger partial charge in [0.25, 0.3) is 5.91 Å². The van der Waals surface area contributed by atoms with Crippen LogP contribution in [-0.2, 0) is 0 Å². The Labute approximate surface area is 100.0 Å². The summed E-state index contributed by atoms with van der Waals surface area (Å²) in [6.45, 7) is 0. The van der Waals surface area contributed by atoms with Crippen molar-refractivity contribution >= 4 is 28.0 Å². The maximum atomic E-state index is 11.8. The minimum Gasteiger partial charge on any atom is -0.304 e. The van der Waals surface area contributed by atoms with E-state index in [1.54, 1.807) is 40.6 Å². The number of amides is 1. The number of fused-ring (bicyclic) bond motifs is 1. The van der Waals surface area contributed by atoms with Gasteiger partial charge in [0.2, 0.25) is 4.96 Å². The van der Waals surface area contributed by atoms with Crippen molar-refractivity contribution in [1.29, 1.82) is 0 Å². The highest BCUT2D eigenvalue weighted by atomic mass is 32.1. The van der Waals surface area contributed by atoms with Crippen LogP contribution < -0.4 is 5.32 Å². The van der Waals surface area contributed by atoms with E-state index in [2.05, 4.69) is 20.4 Å². The summed E-state index contributed by atoms with van der Waals surface area (Å²) in [6.07, 6.45) is 3.14. The maximum absolute atomic E-state index is 11.8.